The Morgan fingerprint density at radius 3 is 1.77 bits per heavy atom. The number of Topliss-reactive ketones (excluding diaryl/α,β-unsaturated/α-hetero) is 1. The molecule has 2 amide bonds. The number of hydrogen-bond donors (Lipinski definition) is 2. The van der Waals surface area contributed by atoms with E-state index in [0.717, 1.165) is 15.9 Å². The maximum atomic E-state index is 14.5. The number of benzene rings is 4. The molecule has 1 heterocycles. The zero-order valence-corrected chi connectivity index (χ0v) is 27.9. The molecule has 48 heavy (non-hydrogen) atoms. The number of aliphatic hydroxyl groups is 1. The average Bonchev–Trinajstić information content (AvgIpc) is 3.11. The van der Waals surface area contributed by atoms with Gasteiger partial charge >= 0.3 is 5.97 Å². The highest BCUT2D eigenvalue weighted by Gasteiger charge is 2.55. The van der Waals surface area contributed by atoms with E-state index in [1.807, 2.05) is 97.9 Å². The summed E-state index contributed by atoms with van der Waals surface area (Å²) in [4.78, 5) is 56.3. The molecule has 0 radical (unpaired) electrons. The first-order valence-electron chi connectivity index (χ1n) is 15.9. The number of ketones is 1. The molecule has 2 N–H and O–H groups in total. The number of amides is 2. The Labute approximate surface area is 281 Å². The van der Waals surface area contributed by atoms with Crippen LogP contribution < -0.4 is 21.2 Å². The van der Waals surface area contributed by atoms with E-state index in [1.54, 1.807) is 24.3 Å². The molecule has 1 aliphatic heterocycles. The van der Waals surface area contributed by atoms with Crippen molar-refractivity contribution in [1.29, 1.82) is 0 Å². The van der Waals surface area contributed by atoms with Crippen LogP contribution in [0.1, 0.15) is 41.0 Å². The van der Waals surface area contributed by atoms with Crippen LogP contribution in [0.3, 0.4) is 0 Å². The van der Waals surface area contributed by atoms with E-state index >= 15 is 0 Å². The van der Waals surface area contributed by atoms with Crippen molar-refractivity contribution in [3.63, 3.8) is 0 Å². The molecule has 1 saturated heterocycles. The number of likely N-dealkylation sites (tertiary alicyclic amines) is 1. The number of β-lactam (4-membered cyclic amide) rings is 1. The van der Waals surface area contributed by atoms with Crippen molar-refractivity contribution >= 4 is 51.8 Å². The van der Waals surface area contributed by atoms with Gasteiger partial charge in [0.2, 0.25) is 5.91 Å². The third-order valence-electron chi connectivity index (χ3n) is 8.48. The quantitative estimate of drug-likeness (QED) is 0.0735. The fourth-order valence-corrected chi connectivity index (χ4v) is 10.7. The minimum atomic E-state index is -3.18. The summed E-state index contributed by atoms with van der Waals surface area (Å²) in [6.45, 7) is 4.25. The van der Waals surface area contributed by atoms with Gasteiger partial charge in [0.25, 0.3) is 5.91 Å². The lowest BCUT2D eigenvalue weighted by Crippen LogP contribution is -2.68. The van der Waals surface area contributed by atoms with Gasteiger partial charge in [-0.2, -0.15) is 0 Å². The summed E-state index contributed by atoms with van der Waals surface area (Å²) in [6.07, 6.45) is 0.207. The molecule has 1 fully saturated rings. The molecular weight excluding hydrogens is 623 g/mol. The number of ether oxygens (including phenoxy) is 1. The number of esters is 1. The van der Waals surface area contributed by atoms with Crippen molar-refractivity contribution in [2.24, 2.45) is 5.92 Å². The Morgan fingerprint density at radius 2 is 1.33 bits per heavy atom. The highest BCUT2D eigenvalue weighted by atomic mass is 31.2. The normalized spacial score (nSPS) is 16.3. The van der Waals surface area contributed by atoms with Crippen molar-refractivity contribution in [2.45, 2.75) is 32.4 Å². The molecule has 4 aromatic carbocycles. The second-order valence-corrected chi connectivity index (χ2v) is 14.8. The number of aliphatic hydroxyl groups excluding tert-OH is 1. The first kappa shape index (κ1) is 34.3. The van der Waals surface area contributed by atoms with Crippen LogP contribution in [-0.2, 0) is 14.3 Å². The Kier molecular flexibility index (Phi) is 10.9. The van der Waals surface area contributed by atoms with Crippen molar-refractivity contribution in [3.8, 4) is 0 Å². The lowest BCUT2D eigenvalue weighted by molar-refractivity contribution is -0.157. The van der Waals surface area contributed by atoms with Gasteiger partial charge in [0.05, 0.1) is 18.1 Å². The maximum absolute atomic E-state index is 14.5. The molecule has 0 bridgehead atoms. The molecule has 3 atom stereocenters. The first-order valence-corrected chi connectivity index (χ1v) is 17.7. The van der Waals surface area contributed by atoms with Gasteiger partial charge in [0.15, 0.2) is 5.78 Å². The number of carbonyl (C=O) groups excluding carboxylic acids is 4. The fourth-order valence-electron chi connectivity index (χ4n) is 6.32. The standard InChI is InChI=1S/C39H39N2O6P/c1-4-25-47-39(46)38(48(30-15-9-6-10-16-30,31-17-11-7-12-18-31)32-19-13-8-14-20-32)41-33(35(27(3)42)37(41)45)26-34(43)28-21-23-29(24-22-28)36(44)40-5-2/h4,6-24,27,33,35,42H,1,5,25-26H2,2-3H3,(H,40,44)/t27-,33-,35-/m1/s1. The van der Waals surface area contributed by atoms with E-state index in [9.17, 15) is 24.3 Å². The largest absolute Gasteiger partial charge is 0.457 e. The van der Waals surface area contributed by atoms with E-state index in [4.69, 9.17) is 4.74 Å². The Morgan fingerprint density at radius 1 is 0.854 bits per heavy atom. The van der Waals surface area contributed by atoms with E-state index in [1.165, 1.54) is 17.9 Å². The molecule has 9 heteroatoms. The molecule has 1 aliphatic rings. The number of nitrogens with zero attached hydrogens (tertiary/aromatic N) is 1. The van der Waals surface area contributed by atoms with E-state index < -0.39 is 36.8 Å². The van der Waals surface area contributed by atoms with Gasteiger partial charge in [-0.25, -0.2) is 4.79 Å². The SMILES string of the molecule is C=CCOC(=O)C(N1C(=O)[C@H]([C@@H](C)O)[C@H]1CC(=O)c1ccc(C(=O)NCC)cc1)=P(c1ccccc1)(c1ccccc1)c1ccccc1. The summed E-state index contributed by atoms with van der Waals surface area (Å²) in [6, 6.07) is 34.2. The smallest absolute Gasteiger partial charge is 0.356 e. The third-order valence-corrected chi connectivity index (χ3v) is 12.7. The predicted molar refractivity (Wildman–Crippen MR) is 191 cm³/mol. The summed E-state index contributed by atoms with van der Waals surface area (Å²) >= 11 is 0. The Hall–Kier alpha value is -5.04. The van der Waals surface area contributed by atoms with Crippen LogP contribution in [0.25, 0.3) is 0 Å². The second-order valence-electron chi connectivity index (χ2n) is 11.5. The molecule has 0 saturated carbocycles. The molecular formula is C39H39N2O6P. The van der Waals surface area contributed by atoms with Gasteiger partial charge in [-0.05, 0) is 41.9 Å². The Bertz CT molecular complexity index is 1740. The summed E-state index contributed by atoms with van der Waals surface area (Å²) in [7, 11) is 0. The van der Waals surface area contributed by atoms with Gasteiger partial charge in [0, 0.05) is 31.0 Å². The Balaban J connectivity index is 1.76. The van der Waals surface area contributed by atoms with Crippen molar-refractivity contribution in [2.75, 3.05) is 13.2 Å². The summed E-state index contributed by atoms with van der Waals surface area (Å²) in [5.41, 5.74) is 0.886. The molecule has 5 rings (SSSR count). The van der Waals surface area contributed by atoms with Crippen LogP contribution in [0.2, 0.25) is 0 Å². The van der Waals surface area contributed by atoms with Gasteiger partial charge < -0.3 is 20.1 Å². The van der Waals surface area contributed by atoms with Gasteiger partial charge in [-0.3, -0.25) is 14.4 Å². The second kappa shape index (κ2) is 15.2. The van der Waals surface area contributed by atoms with Crippen molar-refractivity contribution < 1.29 is 29.0 Å². The lowest BCUT2D eigenvalue weighted by Gasteiger charge is -2.50. The number of rotatable bonds is 13. The number of carbonyl (C=O) groups is 4. The van der Waals surface area contributed by atoms with Crippen LogP contribution in [0.5, 0.6) is 0 Å². The summed E-state index contributed by atoms with van der Waals surface area (Å²) < 4.78 is 5.77. The highest BCUT2D eigenvalue weighted by molar-refractivity contribution is 7.96. The zero-order chi connectivity index (χ0) is 34.3. The number of hydrogen-bond acceptors (Lipinski definition) is 6. The fraction of sp³-hybridized carbons (Fsp3) is 0.205. The first-order chi connectivity index (χ1) is 23.2. The predicted octanol–water partition coefficient (Wildman–Crippen LogP) is 4.07. The topological polar surface area (TPSA) is 113 Å². The van der Waals surface area contributed by atoms with Crippen LogP contribution >= 0.6 is 6.89 Å². The van der Waals surface area contributed by atoms with E-state index in [0.29, 0.717) is 17.7 Å². The third kappa shape index (κ3) is 6.55. The molecule has 0 aliphatic carbocycles. The van der Waals surface area contributed by atoms with E-state index in [2.05, 4.69) is 11.9 Å². The summed E-state index contributed by atoms with van der Waals surface area (Å²) in [5, 5.41) is 16.0. The van der Waals surface area contributed by atoms with Gasteiger partial charge in [0.1, 0.15) is 12.0 Å². The average molecular weight is 663 g/mol. The lowest BCUT2D eigenvalue weighted by atomic mass is 9.79. The van der Waals surface area contributed by atoms with Crippen molar-refractivity contribution in [3.05, 3.63) is 139 Å². The molecule has 4 aromatic rings. The minimum Gasteiger partial charge on any atom is -0.457 e. The molecule has 0 aromatic heterocycles. The minimum absolute atomic E-state index is 0.0931. The van der Waals surface area contributed by atoms with Gasteiger partial charge in [-0.1, -0.05) is 116 Å². The van der Waals surface area contributed by atoms with Crippen LogP contribution in [0.4, 0.5) is 0 Å². The molecule has 246 valence electrons. The molecule has 0 spiro atoms. The maximum Gasteiger partial charge on any atom is 0.356 e. The highest BCUT2D eigenvalue weighted by Crippen LogP contribution is 2.50. The van der Waals surface area contributed by atoms with E-state index in [-0.39, 0.29) is 30.1 Å². The molecule has 8 nitrogen and oxygen atoms in total. The zero-order valence-electron chi connectivity index (χ0n) is 27.0. The van der Waals surface area contributed by atoms with Crippen molar-refractivity contribution in [1.82, 2.24) is 10.2 Å². The van der Waals surface area contributed by atoms with Crippen LogP contribution in [0.15, 0.2) is 128 Å². The van der Waals surface area contributed by atoms with Gasteiger partial charge in [-0.15, -0.1) is 0 Å². The van der Waals surface area contributed by atoms with Crippen LogP contribution in [-0.4, -0.2) is 64.3 Å². The van der Waals surface area contributed by atoms with Crippen LogP contribution in [0, 0.1) is 5.92 Å². The molecule has 0 unspecified atom stereocenters. The number of nitrogens with one attached hydrogen (secondary N) is 1. The monoisotopic (exact) mass is 662 g/mol. The summed E-state index contributed by atoms with van der Waals surface area (Å²) in [5.74, 6) is -2.66.